The predicted octanol–water partition coefficient (Wildman–Crippen LogP) is 5.71. The summed E-state index contributed by atoms with van der Waals surface area (Å²) in [5.41, 5.74) is 2.27. The molecule has 2 amide bonds. The summed E-state index contributed by atoms with van der Waals surface area (Å²) in [6, 6.07) is 15.1. The number of anilines is 1. The molecule has 5 aromatic rings. The van der Waals surface area contributed by atoms with Crippen molar-refractivity contribution in [3.63, 3.8) is 0 Å². The van der Waals surface area contributed by atoms with E-state index in [1.54, 1.807) is 38.1 Å². The van der Waals surface area contributed by atoms with Gasteiger partial charge in [0.25, 0.3) is 5.91 Å². The third-order valence-corrected chi connectivity index (χ3v) is 10.8. The second-order valence-electron chi connectivity index (χ2n) is 12.3. The number of benzene rings is 2. The first-order valence-electron chi connectivity index (χ1n) is 14.4. The predicted molar refractivity (Wildman–Crippen MR) is 174 cm³/mol. The molecule has 0 aliphatic carbocycles. The zero-order chi connectivity index (χ0) is 31.8. The number of hydrogen-bond acceptors (Lipinski definition) is 7. The average molecular weight is 692 g/mol. The second kappa shape index (κ2) is 10.5. The quantitative estimate of drug-likeness (QED) is 0.238. The van der Waals surface area contributed by atoms with E-state index in [4.69, 9.17) is 14.6 Å². The van der Waals surface area contributed by atoms with Crippen molar-refractivity contribution in [3.05, 3.63) is 71.1 Å². The van der Waals surface area contributed by atoms with E-state index in [2.05, 4.69) is 21.0 Å². The van der Waals surface area contributed by atoms with Crippen LogP contribution in [-0.2, 0) is 37.8 Å². The minimum atomic E-state index is -1.69. The second-order valence-corrected chi connectivity index (χ2v) is 14.4. The van der Waals surface area contributed by atoms with Crippen molar-refractivity contribution >= 4 is 66.5 Å². The molecular weight excluding hydrogens is 660 g/mol. The van der Waals surface area contributed by atoms with Crippen molar-refractivity contribution in [3.8, 4) is 11.1 Å². The molecule has 0 saturated carbocycles. The summed E-state index contributed by atoms with van der Waals surface area (Å²) in [4.78, 5) is 40.1. The van der Waals surface area contributed by atoms with Crippen molar-refractivity contribution in [1.29, 1.82) is 0 Å². The highest BCUT2D eigenvalue weighted by Crippen LogP contribution is 2.54. The van der Waals surface area contributed by atoms with Gasteiger partial charge in [-0.1, -0.05) is 24.3 Å². The minimum Gasteiger partial charge on any atom is -0.444 e. The molecule has 5 heterocycles. The topological polar surface area (TPSA) is 112 Å². The lowest BCUT2D eigenvalue weighted by Gasteiger charge is -2.26. The monoisotopic (exact) mass is 690 g/mol. The van der Waals surface area contributed by atoms with Gasteiger partial charge >= 0.3 is 6.09 Å². The molecule has 0 radical (unpaired) electrons. The molecule has 2 atom stereocenters. The van der Waals surface area contributed by atoms with E-state index in [1.807, 2.05) is 64.2 Å². The highest BCUT2D eigenvalue weighted by atomic mass is 79.9. The third kappa shape index (κ3) is 4.50. The van der Waals surface area contributed by atoms with E-state index in [0.29, 0.717) is 44.7 Å². The van der Waals surface area contributed by atoms with E-state index in [0.717, 1.165) is 22.0 Å². The van der Waals surface area contributed by atoms with E-state index in [1.165, 1.54) is 12.2 Å². The SMILES string of the molecule is CON1C(=O)C2(CCN(C(=O)OC(C)(C)C)C2)c2c1cnc1c2c(-c2ccc3c(cnn3C)c2)c(Br)n1S(=O)c1ccccc1. The maximum absolute atomic E-state index is 14.3. The molecule has 1 fully saturated rings. The normalized spacial score (nSPS) is 18.8. The molecule has 1 spiro atoms. The van der Waals surface area contributed by atoms with Gasteiger partial charge in [0.1, 0.15) is 10.2 Å². The fraction of sp³-hybridized carbons (Fsp3) is 0.312. The van der Waals surface area contributed by atoms with Crippen molar-refractivity contribution < 1.29 is 23.4 Å². The molecular formula is C32H31BrN6O5S. The average Bonchev–Trinajstić information content (AvgIpc) is 3.75. The molecule has 0 bridgehead atoms. The lowest BCUT2D eigenvalue weighted by atomic mass is 9.79. The number of halogens is 1. The fourth-order valence-corrected chi connectivity index (χ4v) is 8.58. The van der Waals surface area contributed by atoms with E-state index in [-0.39, 0.29) is 12.5 Å². The van der Waals surface area contributed by atoms with Gasteiger partial charge in [0.2, 0.25) is 0 Å². The summed E-state index contributed by atoms with van der Waals surface area (Å²) >= 11 is 3.81. The molecule has 2 unspecified atom stereocenters. The number of aryl methyl sites for hydroxylation is 1. The summed E-state index contributed by atoms with van der Waals surface area (Å²) in [7, 11) is 1.64. The number of pyridine rings is 1. The minimum absolute atomic E-state index is 0.0956. The molecule has 45 heavy (non-hydrogen) atoms. The Labute approximate surface area is 270 Å². The van der Waals surface area contributed by atoms with Crippen LogP contribution in [0, 0.1) is 0 Å². The van der Waals surface area contributed by atoms with Gasteiger partial charge in [-0.05, 0) is 73.0 Å². The van der Waals surface area contributed by atoms with Crippen LogP contribution in [0.15, 0.2) is 70.4 Å². The van der Waals surface area contributed by atoms with Gasteiger partial charge in [0, 0.05) is 42.0 Å². The molecule has 3 aromatic heterocycles. The largest absolute Gasteiger partial charge is 0.444 e. The molecule has 7 rings (SSSR count). The van der Waals surface area contributed by atoms with Gasteiger partial charge in [0.15, 0.2) is 16.6 Å². The van der Waals surface area contributed by atoms with Crippen molar-refractivity contribution in [2.75, 3.05) is 25.3 Å². The van der Waals surface area contributed by atoms with Crippen molar-refractivity contribution in [1.82, 2.24) is 23.6 Å². The van der Waals surface area contributed by atoms with E-state index >= 15 is 0 Å². The summed E-state index contributed by atoms with van der Waals surface area (Å²) in [6.07, 6.45) is 3.25. The Morgan fingerprint density at radius 1 is 1.11 bits per heavy atom. The van der Waals surface area contributed by atoms with Gasteiger partial charge in [-0.3, -0.25) is 14.3 Å². The number of carbonyl (C=O) groups excluding carboxylic acids is 2. The number of nitrogens with zero attached hydrogens (tertiary/aromatic N) is 6. The summed E-state index contributed by atoms with van der Waals surface area (Å²) in [5, 5.41) is 7.25. The Morgan fingerprint density at radius 2 is 1.87 bits per heavy atom. The van der Waals surface area contributed by atoms with Gasteiger partial charge in [0.05, 0.1) is 41.0 Å². The number of hydroxylamine groups is 1. The fourth-order valence-electron chi connectivity index (χ4n) is 6.46. The molecule has 2 aliphatic rings. The Bertz CT molecular complexity index is 2050. The van der Waals surface area contributed by atoms with Crippen LogP contribution in [0.1, 0.15) is 32.8 Å². The number of fused-ring (bicyclic) bond motifs is 5. The molecule has 0 N–H and O–H groups in total. The first kappa shape index (κ1) is 29.6. The Balaban J connectivity index is 1.51. The van der Waals surface area contributed by atoms with Crippen LogP contribution >= 0.6 is 15.9 Å². The Kier molecular flexibility index (Phi) is 6.91. The molecule has 11 nitrogen and oxygen atoms in total. The van der Waals surface area contributed by atoms with Gasteiger partial charge in [-0.2, -0.15) is 10.2 Å². The van der Waals surface area contributed by atoms with Crippen LogP contribution in [0.4, 0.5) is 10.5 Å². The Hall–Kier alpha value is -4.07. The molecule has 232 valence electrons. The molecule has 2 aliphatic heterocycles. The first-order valence-corrected chi connectivity index (χ1v) is 16.3. The highest BCUT2D eigenvalue weighted by Gasteiger charge is 2.58. The number of amides is 2. The number of rotatable bonds is 4. The van der Waals surface area contributed by atoms with Gasteiger partial charge < -0.3 is 9.64 Å². The maximum Gasteiger partial charge on any atom is 0.410 e. The first-order chi connectivity index (χ1) is 21.4. The van der Waals surface area contributed by atoms with Crippen molar-refractivity contribution in [2.24, 2.45) is 7.05 Å². The number of likely N-dealkylation sites (tertiary alicyclic amines) is 1. The maximum atomic E-state index is 14.3. The lowest BCUT2D eigenvalue weighted by molar-refractivity contribution is -0.128. The molecule has 13 heteroatoms. The van der Waals surface area contributed by atoms with Crippen LogP contribution in [-0.4, -0.2) is 65.6 Å². The van der Waals surface area contributed by atoms with Crippen LogP contribution in [0.2, 0.25) is 0 Å². The smallest absolute Gasteiger partial charge is 0.410 e. The van der Waals surface area contributed by atoms with Gasteiger partial charge in [-0.15, -0.1) is 0 Å². The van der Waals surface area contributed by atoms with Crippen LogP contribution in [0.5, 0.6) is 0 Å². The molecule has 2 aromatic carbocycles. The van der Waals surface area contributed by atoms with Gasteiger partial charge in [-0.25, -0.2) is 18.0 Å². The highest BCUT2D eigenvalue weighted by molar-refractivity contribution is 9.10. The summed E-state index contributed by atoms with van der Waals surface area (Å²) in [6.45, 7) is 5.85. The van der Waals surface area contributed by atoms with Crippen LogP contribution in [0.3, 0.4) is 0 Å². The lowest BCUT2D eigenvalue weighted by Crippen LogP contribution is -2.44. The summed E-state index contributed by atoms with van der Waals surface area (Å²) in [5.74, 6) is -0.290. The van der Waals surface area contributed by atoms with E-state index in [9.17, 15) is 13.8 Å². The van der Waals surface area contributed by atoms with Crippen molar-refractivity contribution in [2.45, 2.75) is 43.1 Å². The number of carbonyl (C=O) groups is 2. The summed E-state index contributed by atoms with van der Waals surface area (Å²) < 4.78 is 23.9. The van der Waals surface area contributed by atoms with Crippen LogP contribution in [0.25, 0.3) is 33.1 Å². The standard InChI is InChI=1S/C32H31BrN6O5S/c1-31(2,3)44-30(41)37-14-13-32(18-37)26-23(38(43-5)29(32)40)17-34-28-25(26)24(19-11-12-22-20(15-19)16-35-36(22)4)27(33)39(28)45(42)21-9-7-6-8-10-21/h6-12,15-17H,13-14,18H2,1-5H3. The third-order valence-electron chi connectivity index (χ3n) is 8.41. The Morgan fingerprint density at radius 3 is 2.58 bits per heavy atom. The zero-order valence-electron chi connectivity index (χ0n) is 25.4. The molecule has 1 saturated heterocycles. The van der Waals surface area contributed by atoms with Crippen LogP contribution < -0.4 is 5.06 Å². The number of hydrogen-bond donors (Lipinski definition) is 0. The zero-order valence-corrected chi connectivity index (χ0v) is 27.8. The number of aromatic nitrogens is 4. The number of ether oxygens (including phenoxy) is 1. The van der Waals surface area contributed by atoms with E-state index < -0.39 is 28.1 Å².